The van der Waals surface area contributed by atoms with Crippen molar-refractivity contribution in [2.45, 2.75) is 31.2 Å². The van der Waals surface area contributed by atoms with Gasteiger partial charge in [-0.05, 0) is 66.8 Å². The van der Waals surface area contributed by atoms with E-state index in [1.807, 2.05) is 24.4 Å². The highest BCUT2D eigenvalue weighted by Crippen LogP contribution is 2.35. The van der Waals surface area contributed by atoms with Crippen LogP contribution in [0.4, 0.5) is 10.1 Å². The number of nitrogens with zero attached hydrogens (tertiary/aromatic N) is 3. The lowest BCUT2D eigenvalue weighted by atomic mass is 9.89. The van der Waals surface area contributed by atoms with E-state index in [1.165, 1.54) is 34.8 Å². The highest BCUT2D eigenvalue weighted by Gasteiger charge is 2.37. The summed E-state index contributed by atoms with van der Waals surface area (Å²) in [6.07, 6.45) is 3.83. The van der Waals surface area contributed by atoms with Crippen LogP contribution in [-0.2, 0) is 9.59 Å². The third kappa shape index (κ3) is 3.98. The second-order valence-electron chi connectivity index (χ2n) is 8.71. The molecule has 176 valence electrons. The molecule has 5 rings (SSSR count). The Bertz CT molecular complexity index is 1260. The monoisotopic (exact) mass is 463 g/mol. The number of amides is 2. The molecule has 8 nitrogen and oxygen atoms in total. The van der Waals surface area contributed by atoms with Gasteiger partial charge in [-0.1, -0.05) is 0 Å². The van der Waals surface area contributed by atoms with Crippen molar-refractivity contribution in [3.05, 3.63) is 60.0 Å². The second-order valence-corrected chi connectivity index (χ2v) is 8.71. The summed E-state index contributed by atoms with van der Waals surface area (Å²) in [6, 6.07) is 10.8. The number of nitrogens with one attached hydrogen (secondary N) is 1. The highest BCUT2D eigenvalue weighted by atomic mass is 19.1. The second kappa shape index (κ2) is 8.81. The summed E-state index contributed by atoms with van der Waals surface area (Å²) >= 11 is 0. The third-order valence-electron chi connectivity index (χ3n) is 6.72. The summed E-state index contributed by atoms with van der Waals surface area (Å²) in [4.78, 5) is 30.4. The number of benzene rings is 2. The molecule has 1 aromatic heterocycles. The molecule has 2 aliphatic rings. The summed E-state index contributed by atoms with van der Waals surface area (Å²) < 4.78 is 18.7. The number of methoxy groups -OCH3 is 1. The standard InChI is InChI=1S/C25H26FN5O3/c1-34-18-6-7-21-19(12-18)20(14-28-21)15-8-10-30(11-9-15)25(33)22-13-23(24(27)32)31(29-22)17-4-2-16(26)3-5-17/h2-7,12,14-15,23,28H,8-11,13H2,1H3,(H2,27,32). The molecule has 0 radical (unpaired) electrons. The number of hydrogen-bond donors (Lipinski definition) is 2. The quantitative estimate of drug-likeness (QED) is 0.607. The summed E-state index contributed by atoms with van der Waals surface area (Å²) in [7, 11) is 1.66. The molecular weight excluding hydrogens is 437 g/mol. The van der Waals surface area contributed by atoms with Gasteiger partial charge in [-0.2, -0.15) is 5.10 Å². The van der Waals surface area contributed by atoms with Crippen LogP contribution in [0.2, 0.25) is 0 Å². The minimum Gasteiger partial charge on any atom is -0.497 e. The Morgan fingerprint density at radius 1 is 1.15 bits per heavy atom. The number of fused-ring (bicyclic) bond motifs is 1. The van der Waals surface area contributed by atoms with E-state index < -0.39 is 17.8 Å². The van der Waals surface area contributed by atoms with E-state index in [1.54, 1.807) is 12.0 Å². The molecule has 1 saturated heterocycles. The number of anilines is 1. The molecule has 34 heavy (non-hydrogen) atoms. The van der Waals surface area contributed by atoms with Crippen LogP contribution < -0.4 is 15.5 Å². The van der Waals surface area contributed by atoms with Crippen LogP contribution >= 0.6 is 0 Å². The fourth-order valence-corrected chi connectivity index (χ4v) is 4.86. The average Bonchev–Trinajstić information content (AvgIpc) is 3.49. The summed E-state index contributed by atoms with van der Waals surface area (Å²) in [6.45, 7) is 1.19. The minimum absolute atomic E-state index is 0.133. The number of primary amides is 1. The Morgan fingerprint density at radius 3 is 2.56 bits per heavy atom. The topological polar surface area (TPSA) is 104 Å². The number of piperidine rings is 1. The molecule has 0 aliphatic carbocycles. The van der Waals surface area contributed by atoms with Crippen molar-refractivity contribution in [2.24, 2.45) is 10.8 Å². The first-order valence-corrected chi connectivity index (χ1v) is 11.3. The van der Waals surface area contributed by atoms with Crippen LogP contribution in [0.5, 0.6) is 5.75 Å². The van der Waals surface area contributed by atoms with Crippen LogP contribution in [-0.4, -0.2) is 53.7 Å². The first-order valence-electron chi connectivity index (χ1n) is 11.3. The van der Waals surface area contributed by atoms with Gasteiger partial charge in [0.2, 0.25) is 5.91 Å². The number of carbonyl (C=O) groups is 2. The van der Waals surface area contributed by atoms with Crippen molar-refractivity contribution < 1.29 is 18.7 Å². The van der Waals surface area contributed by atoms with E-state index in [4.69, 9.17) is 10.5 Å². The minimum atomic E-state index is -0.775. The lowest BCUT2D eigenvalue weighted by Gasteiger charge is -2.32. The van der Waals surface area contributed by atoms with Gasteiger partial charge < -0.3 is 20.4 Å². The fraction of sp³-hybridized carbons (Fsp3) is 0.320. The number of carbonyl (C=O) groups excluding carboxylic acids is 2. The molecule has 1 atom stereocenters. The van der Waals surface area contributed by atoms with Crippen LogP contribution in [0.1, 0.15) is 30.7 Å². The first kappa shape index (κ1) is 21.9. The molecule has 1 fully saturated rings. The zero-order chi connectivity index (χ0) is 23.8. The number of hydrogen-bond acceptors (Lipinski definition) is 5. The predicted molar refractivity (Wildman–Crippen MR) is 127 cm³/mol. The molecular formula is C25H26FN5O3. The highest BCUT2D eigenvalue weighted by molar-refractivity contribution is 6.40. The van der Waals surface area contributed by atoms with Gasteiger partial charge in [-0.3, -0.25) is 14.6 Å². The van der Waals surface area contributed by atoms with Crippen molar-refractivity contribution in [1.29, 1.82) is 0 Å². The lowest BCUT2D eigenvalue weighted by molar-refractivity contribution is -0.125. The number of rotatable bonds is 5. The van der Waals surface area contributed by atoms with Gasteiger partial charge in [0, 0.05) is 36.6 Å². The average molecular weight is 464 g/mol. The molecule has 0 saturated carbocycles. The number of nitrogens with two attached hydrogens (primary N) is 1. The molecule has 2 aliphatic heterocycles. The SMILES string of the molecule is COc1ccc2[nH]cc(C3CCN(C(=O)C4=NN(c5ccc(F)cc5)C(C(N)=O)C4)CC3)c2c1. The van der Waals surface area contributed by atoms with E-state index in [-0.39, 0.29) is 12.3 Å². The number of H-pyrrole nitrogens is 1. The van der Waals surface area contributed by atoms with Gasteiger partial charge in [-0.15, -0.1) is 0 Å². The van der Waals surface area contributed by atoms with E-state index in [0.717, 1.165) is 29.5 Å². The molecule has 3 aromatic rings. The number of hydrazone groups is 1. The molecule has 2 aromatic carbocycles. The number of ether oxygens (including phenoxy) is 1. The van der Waals surface area contributed by atoms with Crippen molar-refractivity contribution in [2.75, 3.05) is 25.2 Å². The predicted octanol–water partition coefficient (Wildman–Crippen LogP) is 3.14. The van der Waals surface area contributed by atoms with Gasteiger partial charge in [0.25, 0.3) is 5.91 Å². The Kier molecular flexibility index (Phi) is 5.69. The molecule has 9 heteroatoms. The van der Waals surface area contributed by atoms with Crippen LogP contribution in [0.25, 0.3) is 10.9 Å². The van der Waals surface area contributed by atoms with Crippen LogP contribution in [0.3, 0.4) is 0 Å². The molecule has 1 unspecified atom stereocenters. The van der Waals surface area contributed by atoms with E-state index in [2.05, 4.69) is 10.1 Å². The maximum absolute atomic E-state index is 13.3. The fourth-order valence-electron chi connectivity index (χ4n) is 4.86. The molecule has 3 N–H and O–H groups in total. The molecule has 3 heterocycles. The zero-order valence-electron chi connectivity index (χ0n) is 18.8. The maximum atomic E-state index is 13.3. The number of aromatic amines is 1. The van der Waals surface area contributed by atoms with Gasteiger partial charge in [0.05, 0.1) is 12.8 Å². The lowest BCUT2D eigenvalue weighted by Crippen LogP contribution is -2.42. The van der Waals surface area contributed by atoms with E-state index in [0.29, 0.717) is 30.4 Å². The molecule has 0 bridgehead atoms. The summed E-state index contributed by atoms with van der Waals surface area (Å²) in [5, 5.41) is 6.97. The van der Waals surface area contributed by atoms with E-state index in [9.17, 15) is 14.0 Å². The Hall–Kier alpha value is -3.88. The Labute approximate surface area is 196 Å². The smallest absolute Gasteiger partial charge is 0.270 e. The van der Waals surface area contributed by atoms with Gasteiger partial charge in [0.15, 0.2) is 0 Å². The number of halogens is 1. The van der Waals surface area contributed by atoms with Gasteiger partial charge in [0.1, 0.15) is 23.3 Å². The Morgan fingerprint density at radius 2 is 1.88 bits per heavy atom. The molecule has 0 spiro atoms. The van der Waals surface area contributed by atoms with Gasteiger partial charge in [-0.25, -0.2) is 4.39 Å². The molecule has 2 amide bonds. The van der Waals surface area contributed by atoms with Crippen molar-refractivity contribution in [3.8, 4) is 5.75 Å². The normalized spacial score (nSPS) is 18.9. The third-order valence-corrected chi connectivity index (χ3v) is 6.72. The number of aromatic nitrogens is 1. The zero-order valence-corrected chi connectivity index (χ0v) is 18.8. The van der Waals surface area contributed by atoms with Crippen LogP contribution in [0.15, 0.2) is 53.8 Å². The van der Waals surface area contributed by atoms with Crippen LogP contribution in [0, 0.1) is 5.82 Å². The van der Waals surface area contributed by atoms with Crippen molar-refractivity contribution >= 4 is 34.1 Å². The largest absolute Gasteiger partial charge is 0.497 e. The van der Waals surface area contributed by atoms with Gasteiger partial charge >= 0.3 is 0 Å². The maximum Gasteiger partial charge on any atom is 0.270 e. The van der Waals surface area contributed by atoms with E-state index >= 15 is 0 Å². The Balaban J connectivity index is 1.30. The van der Waals surface area contributed by atoms with Crippen molar-refractivity contribution in [1.82, 2.24) is 9.88 Å². The number of likely N-dealkylation sites (tertiary alicyclic amines) is 1. The summed E-state index contributed by atoms with van der Waals surface area (Å²) in [5.74, 6) is -0.0194. The van der Waals surface area contributed by atoms with Crippen molar-refractivity contribution in [3.63, 3.8) is 0 Å². The summed E-state index contributed by atoms with van der Waals surface area (Å²) in [5.41, 5.74) is 8.67. The first-order chi connectivity index (χ1) is 16.4.